The SMILES string of the molecule is CN(C)CCCN(C)c1nc2ccc(NC(=O)/C=C\c3ccc(F)cc3)cc2s1. The van der Waals surface area contributed by atoms with Gasteiger partial charge in [-0.15, -0.1) is 0 Å². The fourth-order valence-corrected chi connectivity index (χ4v) is 3.79. The Kier molecular flexibility index (Phi) is 6.95. The lowest BCUT2D eigenvalue weighted by molar-refractivity contribution is -0.111. The predicted octanol–water partition coefficient (Wildman–Crippen LogP) is 4.48. The molecule has 0 saturated heterocycles. The second-order valence-electron chi connectivity index (χ2n) is 7.13. The fraction of sp³-hybridized carbons (Fsp3) is 0.273. The highest BCUT2D eigenvalue weighted by Crippen LogP contribution is 2.30. The topological polar surface area (TPSA) is 48.5 Å². The van der Waals surface area contributed by atoms with E-state index in [9.17, 15) is 9.18 Å². The molecule has 0 unspecified atom stereocenters. The molecule has 0 aliphatic carbocycles. The fourth-order valence-electron chi connectivity index (χ4n) is 2.80. The Hall–Kier alpha value is -2.77. The number of rotatable bonds is 8. The van der Waals surface area contributed by atoms with Crippen molar-refractivity contribution in [3.8, 4) is 0 Å². The average Bonchev–Trinajstić information content (AvgIpc) is 3.11. The maximum absolute atomic E-state index is 12.9. The second-order valence-corrected chi connectivity index (χ2v) is 8.14. The van der Waals surface area contributed by atoms with Crippen LogP contribution < -0.4 is 10.2 Å². The first-order valence-electron chi connectivity index (χ1n) is 9.42. The van der Waals surface area contributed by atoms with Gasteiger partial charge in [0, 0.05) is 25.4 Å². The summed E-state index contributed by atoms with van der Waals surface area (Å²) in [4.78, 5) is 21.2. The van der Waals surface area contributed by atoms with Crippen LogP contribution in [-0.4, -0.2) is 50.0 Å². The summed E-state index contributed by atoms with van der Waals surface area (Å²) < 4.78 is 14.0. The van der Waals surface area contributed by atoms with Crippen molar-refractivity contribution in [2.45, 2.75) is 6.42 Å². The van der Waals surface area contributed by atoms with Crippen molar-refractivity contribution < 1.29 is 9.18 Å². The Balaban J connectivity index is 1.63. The molecule has 1 aromatic heterocycles. The minimum absolute atomic E-state index is 0.237. The van der Waals surface area contributed by atoms with Crippen molar-refractivity contribution in [2.24, 2.45) is 0 Å². The van der Waals surface area contributed by atoms with Crippen LogP contribution >= 0.6 is 11.3 Å². The first-order valence-corrected chi connectivity index (χ1v) is 10.2. The molecule has 5 nitrogen and oxygen atoms in total. The number of hydrogen-bond donors (Lipinski definition) is 1. The van der Waals surface area contributed by atoms with E-state index in [0.29, 0.717) is 0 Å². The Bertz CT molecular complexity index is 998. The molecule has 0 spiro atoms. The molecule has 0 saturated carbocycles. The number of thiazole rings is 1. The molecule has 7 heteroatoms. The smallest absolute Gasteiger partial charge is 0.248 e. The molecule has 1 amide bonds. The van der Waals surface area contributed by atoms with Crippen LogP contribution in [0, 0.1) is 5.82 Å². The molecule has 0 aliphatic rings. The van der Waals surface area contributed by atoms with Crippen LogP contribution in [0.5, 0.6) is 0 Å². The number of halogens is 1. The Labute approximate surface area is 174 Å². The maximum atomic E-state index is 12.9. The van der Waals surface area contributed by atoms with E-state index in [1.54, 1.807) is 29.5 Å². The van der Waals surface area contributed by atoms with Crippen LogP contribution in [0.2, 0.25) is 0 Å². The average molecular weight is 413 g/mol. The number of amides is 1. The number of benzene rings is 2. The maximum Gasteiger partial charge on any atom is 0.248 e. The summed E-state index contributed by atoms with van der Waals surface area (Å²) in [7, 11) is 6.20. The number of nitrogens with zero attached hydrogens (tertiary/aromatic N) is 3. The van der Waals surface area contributed by atoms with Gasteiger partial charge in [0.25, 0.3) is 0 Å². The summed E-state index contributed by atoms with van der Waals surface area (Å²) in [6.45, 7) is 1.98. The number of aromatic nitrogens is 1. The van der Waals surface area contributed by atoms with Gasteiger partial charge in [-0.25, -0.2) is 9.37 Å². The zero-order valence-corrected chi connectivity index (χ0v) is 17.7. The predicted molar refractivity (Wildman–Crippen MR) is 120 cm³/mol. The van der Waals surface area contributed by atoms with E-state index < -0.39 is 0 Å². The molecule has 0 bridgehead atoms. The van der Waals surface area contributed by atoms with Crippen LogP contribution in [-0.2, 0) is 4.79 Å². The minimum Gasteiger partial charge on any atom is -0.351 e. The molecule has 0 radical (unpaired) electrons. The van der Waals surface area contributed by atoms with Crippen molar-refractivity contribution in [2.75, 3.05) is 44.4 Å². The summed E-state index contributed by atoms with van der Waals surface area (Å²) in [6.07, 6.45) is 4.16. The van der Waals surface area contributed by atoms with Crippen molar-refractivity contribution in [1.29, 1.82) is 0 Å². The number of carbonyl (C=O) groups is 1. The normalized spacial score (nSPS) is 11.5. The molecule has 2 aromatic carbocycles. The van der Waals surface area contributed by atoms with Crippen molar-refractivity contribution in [3.05, 3.63) is 59.9 Å². The van der Waals surface area contributed by atoms with E-state index >= 15 is 0 Å². The number of anilines is 2. The summed E-state index contributed by atoms with van der Waals surface area (Å²) in [6, 6.07) is 11.7. The first-order chi connectivity index (χ1) is 13.9. The summed E-state index contributed by atoms with van der Waals surface area (Å²) in [5, 5.41) is 3.83. The van der Waals surface area contributed by atoms with Gasteiger partial charge in [-0.2, -0.15) is 0 Å². The molecular formula is C22H25FN4OS. The van der Waals surface area contributed by atoms with Gasteiger partial charge in [-0.1, -0.05) is 23.5 Å². The third-order valence-corrected chi connectivity index (χ3v) is 5.50. The molecule has 1 N–H and O–H groups in total. The zero-order chi connectivity index (χ0) is 20.8. The highest BCUT2D eigenvalue weighted by atomic mass is 32.1. The van der Waals surface area contributed by atoms with E-state index in [4.69, 9.17) is 0 Å². The third kappa shape index (κ3) is 6.10. The number of hydrogen-bond acceptors (Lipinski definition) is 5. The molecule has 3 aromatic rings. The van der Waals surface area contributed by atoms with Crippen LogP contribution in [0.4, 0.5) is 15.2 Å². The van der Waals surface area contributed by atoms with Gasteiger partial charge in [-0.05, 0) is 69.0 Å². The highest BCUT2D eigenvalue weighted by Gasteiger charge is 2.09. The van der Waals surface area contributed by atoms with Crippen LogP contribution in [0.1, 0.15) is 12.0 Å². The molecule has 1 heterocycles. The molecule has 152 valence electrons. The van der Waals surface area contributed by atoms with Crippen molar-refractivity contribution in [1.82, 2.24) is 9.88 Å². The number of nitrogens with one attached hydrogen (secondary N) is 1. The van der Waals surface area contributed by atoms with Gasteiger partial charge in [0.05, 0.1) is 10.2 Å². The Morgan fingerprint density at radius 1 is 1.14 bits per heavy atom. The summed E-state index contributed by atoms with van der Waals surface area (Å²) in [5.74, 6) is -0.536. The molecule has 29 heavy (non-hydrogen) atoms. The Morgan fingerprint density at radius 2 is 1.90 bits per heavy atom. The van der Waals surface area contributed by atoms with Crippen LogP contribution in [0.3, 0.4) is 0 Å². The Morgan fingerprint density at radius 3 is 2.62 bits per heavy atom. The molecule has 0 atom stereocenters. The lowest BCUT2D eigenvalue weighted by atomic mass is 10.2. The minimum atomic E-state index is -0.299. The summed E-state index contributed by atoms with van der Waals surface area (Å²) in [5.41, 5.74) is 2.41. The largest absolute Gasteiger partial charge is 0.351 e. The summed E-state index contributed by atoms with van der Waals surface area (Å²) >= 11 is 1.61. The van der Waals surface area contributed by atoms with Gasteiger partial charge < -0.3 is 15.1 Å². The lowest BCUT2D eigenvalue weighted by Gasteiger charge is -2.17. The zero-order valence-electron chi connectivity index (χ0n) is 16.9. The van der Waals surface area contributed by atoms with Crippen molar-refractivity contribution in [3.63, 3.8) is 0 Å². The standard InChI is InChI=1S/C22H25FN4OS/c1-26(2)13-4-14-27(3)22-25-19-11-10-18(15-20(19)29-22)24-21(28)12-7-16-5-8-17(23)9-6-16/h5-12,15H,4,13-14H2,1-3H3,(H,24,28)/b12-7-. The van der Waals surface area contributed by atoms with Gasteiger partial charge in [0.2, 0.25) is 5.91 Å². The first kappa shape index (κ1) is 21.0. The van der Waals surface area contributed by atoms with Gasteiger partial charge >= 0.3 is 0 Å². The van der Waals surface area contributed by atoms with Crippen LogP contribution in [0.15, 0.2) is 48.5 Å². The number of fused-ring (bicyclic) bond motifs is 1. The number of carbonyl (C=O) groups excluding carboxylic acids is 1. The van der Waals surface area contributed by atoms with Crippen LogP contribution in [0.25, 0.3) is 16.3 Å². The molecular weight excluding hydrogens is 387 g/mol. The van der Waals surface area contributed by atoms with Crippen molar-refractivity contribution >= 4 is 44.4 Å². The van der Waals surface area contributed by atoms with E-state index in [1.807, 2.05) is 18.2 Å². The van der Waals surface area contributed by atoms with Gasteiger partial charge in [0.15, 0.2) is 5.13 Å². The lowest BCUT2D eigenvalue weighted by Crippen LogP contribution is -2.23. The quantitative estimate of drug-likeness (QED) is 0.555. The molecule has 0 fully saturated rings. The van der Waals surface area contributed by atoms with E-state index in [2.05, 4.69) is 41.2 Å². The van der Waals surface area contributed by atoms with Gasteiger partial charge in [-0.3, -0.25) is 4.79 Å². The van der Waals surface area contributed by atoms with E-state index in [-0.39, 0.29) is 11.7 Å². The van der Waals surface area contributed by atoms with E-state index in [0.717, 1.165) is 46.1 Å². The molecule has 0 aliphatic heterocycles. The highest BCUT2D eigenvalue weighted by molar-refractivity contribution is 7.22. The third-order valence-electron chi connectivity index (χ3n) is 4.37. The monoisotopic (exact) mass is 412 g/mol. The van der Waals surface area contributed by atoms with E-state index in [1.165, 1.54) is 18.2 Å². The van der Waals surface area contributed by atoms with Gasteiger partial charge in [0.1, 0.15) is 5.82 Å². The second kappa shape index (κ2) is 9.62. The molecule has 3 rings (SSSR count).